The monoisotopic (exact) mass is 642 g/mol. The maximum atomic E-state index is 12.7. The summed E-state index contributed by atoms with van der Waals surface area (Å²) in [7, 11) is 1.39. The molecule has 0 radical (unpaired) electrons. The van der Waals surface area contributed by atoms with Crippen LogP contribution in [0.15, 0.2) is 12.2 Å². The van der Waals surface area contributed by atoms with Crippen LogP contribution < -0.4 is 0 Å². The minimum Gasteiger partial charge on any atom is -0.396 e. The second kappa shape index (κ2) is 13.0. The summed E-state index contributed by atoms with van der Waals surface area (Å²) in [5, 5.41) is 89.2. The molecule has 18 atom stereocenters. The molecule has 11 heteroatoms. The third-order valence-corrected chi connectivity index (χ3v) is 13.4. The molecule has 1 aliphatic heterocycles. The minimum atomic E-state index is -1.46. The van der Waals surface area contributed by atoms with Gasteiger partial charge < -0.3 is 55.1 Å². The van der Waals surface area contributed by atoms with Crippen molar-refractivity contribution in [3.05, 3.63) is 12.2 Å². The van der Waals surface area contributed by atoms with Crippen LogP contribution in [0.5, 0.6) is 0 Å². The molecule has 5 aliphatic rings. The van der Waals surface area contributed by atoms with Gasteiger partial charge >= 0.3 is 0 Å². The fraction of sp³-hybridized carbons (Fsp3) is 0.941. The normalized spacial score (nSPS) is 52.8. The summed E-state index contributed by atoms with van der Waals surface area (Å²) >= 11 is 0. The maximum Gasteiger partial charge on any atom is 0.186 e. The van der Waals surface area contributed by atoms with Crippen LogP contribution in [0.2, 0.25) is 0 Å². The van der Waals surface area contributed by atoms with Gasteiger partial charge in [-0.05, 0) is 73.0 Å². The van der Waals surface area contributed by atoms with Gasteiger partial charge in [0.15, 0.2) is 6.29 Å². The number of fused-ring (bicyclic) bond motifs is 5. The van der Waals surface area contributed by atoms with Gasteiger partial charge in [-0.15, -0.1) is 0 Å². The molecule has 0 spiro atoms. The number of methoxy groups -OCH3 is 1. The molecule has 5 rings (SSSR count). The first-order chi connectivity index (χ1) is 21.1. The van der Waals surface area contributed by atoms with Crippen molar-refractivity contribution >= 4 is 0 Å². The zero-order valence-corrected chi connectivity index (χ0v) is 27.5. The van der Waals surface area contributed by atoms with Gasteiger partial charge in [0.1, 0.15) is 18.3 Å². The largest absolute Gasteiger partial charge is 0.396 e. The molecule has 1 saturated heterocycles. The van der Waals surface area contributed by atoms with Crippen molar-refractivity contribution < 1.29 is 55.1 Å². The van der Waals surface area contributed by atoms with Gasteiger partial charge in [-0.25, -0.2) is 0 Å². The number of hydrogen-bond acceptors (Lipinski definition) is 11. The molecule has 0 aromatic rings. The summed E-state index contributed by atoms with van der Waals surface area (Å²) in [6.45, 7) is 12.1. The third-order valence-electron chi connectivity index (χ3n) is 13.4. The topological polar surface area (TPSA) is 190 Å². The lowest BCUT2D eigenvalue weighted by molar-refractivity contribution is -0.320. The van der Waals surface area contributed by atoms with Gasteiger partial charge in [-0.2, -0.15) is 0 Å². The number of rotatable bonds is 9. The van der Waals surface area contributed by atoms with Crippen LogP contribution in [0.3, 0.4) is 0 Å². The van der Waals surface area contributed by atoms with Gasteiger partial charge in [0.2, 0.25) is 0 Å². The fourth-order valence-corrected chi connectivity index (χ4v) is 11.0. The van der Waals surface area contributed by atoms with Gasteiger partial charge in [0.25, 0.3) is 0 Å². The summed E-state index contributed by atoms with van der Waals surface area (Å²) in [4.78, 5) is 0. The van der Waals surface area contributed by atoms with E-state index in [0.29, 0.717) is 32.1 Å². The fourth-order valence-electron chi connectivity index (χ4n) is 11.0. The highest BCUT2D eigenvalue weighted by molar-refractivity contribution is 5.22. The molecule has 0 aromatic carbocycles. The average molecular weight is 643 g/mol. The van der Waals surface area contributed by atoms with Crippen LogP contribution >= 0.6 is 0 Å². The third kappa shape index (κ3) is 5.65. The van der Waals surface area contributed by atoms with Crippen molar-refractivity contribution in [2.45, 2.75) is 133 Å². The summed E-state index contributed by atoms with van der Waals surface area (Å²) < 4.78 is 17.1. The molecule has 4 saturated carbocycles. The molecule has 18 unspecified atom stereocenters. The van der Waals surface area contributed by atoms with Crippen molar-refractivity contribution in [3.63, 3.8) is 0 Å². The van der Waals surface area contributed by atoms with E-state index in [-0.39, 0.29) is 43.3 Å². The van der Waals surface area contributed by atoms with Crippen LogP contribution in [0.1, 0.15) is 72.6 Å². The van der Waals surface area contributed by atoms with E-state index >= 15 is 0 Å². The quantitative estimate of drug-likeness (QED) is 0.131. The molecule has 11 nitrogen and oxygen atoms in total. The summed E-state index contributed by atoms with van der Waals surface area (Å²) in [6.07, 6.45) is -5.76. The Morgan fingerprint density at radius 2 is 1.60 bits per heavy atom. The zero-order chi connectivity index (χ0) is 33.2. The Morgan fingerprint density at radius 3 is 2.24 bits per heavy atom. The number of aliphatic hydroxyl groups excluding tert-OH is 7. The van der Waals surface area contributed by atoms with E-state index < -0.39 is 83.4 Å². The van der Waals surface area contributed by atoms with Gasteiger partial charge in [0, 0.05) is 32.0 Å². The van der Waals surface area contributed by atoms with E-state index in [4.69, 9.17) is 14.2 Å². The SMILES string of the molecule is C=C(CCC(C)C1C(O)C(O)C2C1(C)CCC1C3(C)CCC(OC4OCC(O)C(O)C4OC)C(O)C3C(O)CC12O)C(C)CO. The first-order valence-electron chi connectivity index (χ1n) is 17.0. The Labute approximate surface area is 267 Å². The number of hydrogen-bond donors (Lipinski definition) is 8. The lowest BCUT2D eigenvalue weighted by Crippen LogP contribution is -2.71. The highest BCUT2D eigenvalue weighted by Gasteiger charge is 2.73. The lowest BCUT2D eigenvalue weighted by atomic mass is 9.41. The molecule has 260 valence electrons. The Hall–Kier alpha value is -0.700. The average Bonchev–Trinajstić information content (AvgIpc) is 3.19. The van der Waals surface area contributed by atoms with Crippen LogP contribution in [-0.2, 0) is 14.2 Å². The van der Waals surface area contributed by atoms with E-state index in [2.05, 4.69) is 20.4 Å². The van der Waals surface area contributed by atoms with E-state index in [9.17, 15) is 40.9 Å². The number of aliphatic hydroxyl groups is 8. The second-order valence-electron chi connectivity index (χ2n) is 15.8. The van der Waals surface area contributed by atoms with E-state index in [1.807, 2.05) is 13.8 Å². The summed E-state index contributed by atoms with van der Waals surface area (Å²) in [5.74, 6) is -1.87. The number of ether oxygens (including phenoxy) is 3. The van der Waals surface area contributed by atoms with Gasteiger partial charge in [-0.3, -0.25) is 0 Å². The van der Waals surface area contributed by atoms with Crippen LogP contribution in [0.25, 0.3) is 0 Å². The van der Waals surface area contributed by atoms with E-state index in [0.717, 1.165) is 12.0 Å². The molecule has 45 heavy (non-hydrogen) atoms. The summed E-state index contributed by atoms with van der Waals surface area (Å²) in [5.41, 5.74) is -1.75. The molecule has 0 bridgehead atoms. The first-order valence-corrected chi connectivity index (χ1v) is 17.0. The van der Waals surface area contributed by atoms with Crippen LogP contribution in [-0.4, -0.2) is 122 Å². The highest BCUT2D eigenvalue weighted by Crippen LogP contribution is 2.70. The molecule has 1 heterocycles. The smallest absolute Gasteiger partial charge is 0.186 e. The standard InChI is InChI=1S/C34H58O11/c1-16(18(3)14-35)7-8-17(2)23-27(40)28(41)30-33(23,5)12-10-22-32(4)11-9-21(26(39)24(32)19(36)13-34(22,30)42)45-31-29(43-6)25(38)20(37)15-44-31/h17-31,35-42H,1,7-15H2,2-6H3. The first kappa shape index (κ1) is 35.6. The Bertz CT molecular complexity index is 1060. The second-order valence-corrected chi connectivity index (χ2v) is 15.8. The molecular weight excluding hydrogens is 584 g/mol. The van der Waals surface area contributed by atoms with E-state index in [1.165, 1.54) is 7.11 Å². The maximum absolute atomic E-state index is 12.7. The van der Waals surface area contributed by atoms with Crippen molar-refractivity contribution in [1.29, 1.82) is 0 Å². The van der Waals surface area contributed by atoms with Crippen LogP contribution in [0.4, 0.5) is 0 Å². The van der Waals surface area contributed by atoms with Crippen molar-refractivity contribution in [2.75, 3.05) is 20.3 Å². The summed E-state index contributed by atoms with van der Waals surface area (Å²) in [6, 6.07) is 0. The molecule has 0 amide bonds. The van der Waals surface area contributed by atoms with Crippen molar-refractivity contribution in [1.82, 2.24) is 0 Å². The molecule has 5 fully saturated rings. The minimum absolute atomic E-state index is 0.0138. The predicted octanol–water partition coefficient (Wildman–Crippen LogP) is 0.723. The van der Waals surface area contributed by atoms with E-state index in [1.54, 1.807) is 0 Å². The molecule has 0 aromatic heterocycles. The molecule has 4 aliphatic carbocycles. The molecule has 8 N–H and O–H groups in total. The highest BCUT2D eigenvalue weighted by atomic mass is 16.7. The Morgan fingerprint density at radius 1 is 0.933 bits per heavy atom. The Kier molecular flexibility index (Phi) is 10.3. The predicted molar refractivity (Wildman–Crippen MR) is 163 cm³/mol. The Balaban J connectivity index is 1.36. The zero-order valence-electron chi connectivity index (χ0n) is 27.5. The van der Waals surface area contributed by atoms with Crippen molar-refractivity contribution in [2.24, 2.45) is 46.3 Å². The van der Waals surface area contributed by atoms with Gasteiger partial charge in [-0.1, -0.05) is 39.8 Å². The van der Waals surface area contributed by atoms with Crippen molar-refractivity contribution in [3.8, 4) is 0 Å². The van der Waals surface area contributed by atoms with Crippen LogP contribution in [0, 0.1) is 46.3 Å². The lowest BCUT2D eigenvalue weighted by Gasteiger charge is -2.66. The molecular formula is C34H58O11. The van der Waals surface area contributed by atoms with Gasteiger partial charge in [0.05, 0.1) is 42.7 Å².